The molecule has 0 spiro atoms. The largest absolute Gasteiger partial charge is 0.507 e. The van der Waals surface area contributed by atoms with Crippen LogP contribution in [-0.2, 0) is 4.74 Å². The Hall–Kier alpha value is -2.67. The molecule has 1 atom stereocenters. The zero-order valence-electron chi connectivity index (χ0n) is 14.9. The second kappa shape index (κ2) is 6.49. The topological polar surface area (TPSA) is 71.7 Å². The van der Waals surface area contributed by atoms with Gasteiger partial charge in [0, 0.05) is 12.8 Å². The van der Waals surface area contributed by atoms with Crippen molar-refractivity contribution in [3.8, 4) is 17.0 Å². The number of halogens is 1. The Balaban J connectivity index is 1.55. The van der Waals surface area contributed by atoms with Gasteiger partial charge in [0.25, 0.3) is 0 Å². The number of anilines is 1. The number of nitrogens with one attached hydrogen (secondary N) is 1. The van der Waals surface area contributed by atoms with E-state index in [9.17, 15) is 9.50 Å². The van der Waals surface area contributed by atoms with Gasteiger partial charge >= 0.3 is 0 Å². The average Bonchev–Trinajstić information content (AvgIpc) is 3.40. The molecule has 1 aromatic carbocycles. The molecule has 2 N–H and O–H groups in total. The van der Waals surface area contributed by atoms with E-state index in [2.05, 4.69) is 15.5 Å². The van der Waals surface area contributed by atoms with Gasteiger partial charge in [-0.15, -0.1) is 10.2 Å². The number of phenolic OH excluding ortho intramolecular Hbond substituents is 1. The van der Waals surface area contributed by atoms with Crippen molar-refractivity contribution in [2.45, 2.75) is 37.6 Å². The SMILES string of the molecule is Oc1cc(C2CC2)cc(F)c1-c1nnc(NC2CCCOC2)n2cccc12. The summed E-state index contributed by atoms with van der Waals surface area (Å²) >= 11 is 0. The maximum absolute atomic E-state index is 14.8. The Morgan fingerprint density at radius 2 is 2.11 bits per heavy atom. The molecule has 1 unspecified atom stereocenters. The van der Waals surface area contributed by atoms with Crippen LogP contribution in [0.4, 0.5) is 10.3 Å². The predicted octanol–water partition coefficient (Wildman–Crippen LogP) is 3.71. The second-order valence-electron chi connectivity index (χ2n) is 7.37. The van der Waals surface area contributed by atoms with E-state index in [1.807, 2.05) is 22.7 Å². The smallest absolute Gasteiger partial charge is 0.228 e. The minimum absolute atomic E-state index is 0.0873. The van der Waals surface area contributed by atoms with Crippen LogP contribution in [0.15, 0.2) is 30.5 Å². The number of aromatic hydroxyl groups is 1. The van der Waals surface area contributed by atoms with Crippen molar-refractivity contribution >= 4 is 11.5 Å². The predicted molar refractivity (Wildman–Crippen MR) is 99.5 cm³/mol. The summed E-state index contributed by atoms with van der Waals surface area (Å²) in [5, 5.41) is 22.4. The van der Waals surface area contributed by atoms with E-state index in [-0.39, 0.29) is 17.4 Å². The molecule has 1 aliphatic heterocycles. The number of hydrogen-bond donors (Lipinski definition) is 2. The molecular weight excluding hydrogens is 347 g/mol. The van der Waals surface area contributed by atoms with Crippen LogP contribution in [0.2, 0.25) is 0 Å². The lowest BCUT2D eigenvalue weighted by molar-refractivity contribution is 0.0873. The highest BCUT2D eigenvalue weighted by molar-refractivity contribution is 5.81. The summed E-state index contributed by atoms with van der Waals surface area (Å²) in [6.07, 6.45) is 5.96. The highest BCUT2D eigenvalue weighted by atomic mass is 19.1. The van der Waals surface area contributed by atoms with Crippen LogP contribution in [0.3, 0.4) is 0 Å². The number of ether oxygens (including phenoxy) is 1. The molecular formula is C20H21FN4O2. The van der Waals surface area contributed by atoms with Gasteiger partial charge in [-0.2, -0.15) is 0 Å². The van der Waals surface area contributed by atoms with Crippen LogP contribution in [0.25, 0.3) is 16.8 Å². The Morgan fingerprint density at radius 1 is 1.22 bits per heavy atom. The minimum atomic E-state index is -0.462. The van der Waals surface area contributed by atoms with Crippen molar-refractivity contribution in [1.82, 2.24) is 14.6 Å². The number of aromatic nitrogens is 3. The van der Waals surface area contributed by atoms with E-state index < -0.39 is 5.82 Å². The molecule has 2 aliphatic rings. The standard InChI is InChI=1S/C20H21FN4O2/c21-15-9-13(12-5-6-12)10-17(26)18(15)19-16-4-1-7-25(16)20(24-23-19)22-14-3-2-8-27-11-14/h1,4,7,9-10,12,14,26H,2-3,5-6,8,11H2,(H,22,24). The number of nitrogens with zero attached hydrogens (tertiary/aromatic N) is 3. The van der Waals surface area contributed by atoms with Gasteiger partial charge in [0.15, 0.2) is 0 Å². The minimum Gasteiger partial charge on any atom is -0.507 e. The molecule has 7 heteroatoms. The first-order valence-corrected chi connectivity index (χ1v) is 9.41. The highest BCUT2D eigenvalue weighted by Crippen LogP contribution is 2.44. The van der Waals surface area contributed by atoms with E-state index >= 15 is 0 Å². The lowest BCUT2D eigenvalue weighted by Gasteiger charge is -2.24. The van der Waals surface area contributed by atoms with Crippen LogP contribution in [0, 0.1) is 5.82 Å². The zero-order chi connectivity index (χ0) is 18.4. The number of hydrogen-bond acceptors (Lipinski definition) is 5. The summed E-state index contributed by atoms with van der Waals surface area (Å²) < 4.78 is 22.2. The molecule has 1 saturated carbocycles. The number of rotatable bonds is 4. The van der Waals surface area contributed by atoms with Crippen LogP contribution < -0.4 is 5.32 Å². The zero-order valence-corrected chi connectivity index (χ0v) is 14.9. The quantitative estimate of drug-likeness (QED) is 0.735. The monoisotopic (exact) mass is 368 g/mol. The summed E-state index contributed by atoms with van der Waals surface area (Å²) in [6, 6.07) is 7.05. The van der Waals surface area contributed by atoms with Gasteiger partial charge in [0.1, 0.15) is 17.3 Å². The fraction of sp³-hybridized carbons (Fsp3) is 0.400. The van der Waals surface area contributed by atoms with Crippen molar-refractivity contribution < 1.29 is 14.2 Å². The molecule has 5 rings (SSSR count). The van der Waals surface area contributed by atoms with Crippen molar-refractivity contribution in [3.05, 3.63) is 41.8 Å². The lowest BCUT2D eigenvalue weighted by atomic mass is 10.0. The van der Waals surface area contributed by atoms with Crippen LogP contribution in [0.1, 0.15) is 37.2 Å². The molecule has 2 fully saturated rings. The van der Waals surface area contributed by atoms with Crippen molar-refractivity contribution in [3.63, 3.8) is 0 Å². The Bertz CT molecular complexity index is 970. The third-order valence-electron chi connectivity index (χ3n) is 5.34. The molecule has 3 heterocycles. The lowest BCUT2D eigenvalue weighted by Crippen LogP contribution is -2.31. The molecule has 6 nitrogen and oxygen atoms in total. The van der Waals surface area contributed by atoms with Crippen molar-refractivity contribution in [1.29, 1.82) is 0 Å². The summed E-state index contributed by atoms with van der Waals surface area (Å²) in [4.78, 5) is 0. The molecule has 1 saturated heterocycles. The van der Waals surface area contributed by atoms with Gasteiger partial charge in [-0.1, -0.05) is 0 Å². The van der Waals surface area contributed by atoms with Gasteiger partial charge in [-0.05, 0) is 61.4 Å². The molecule has 140 valence electrons. The first-order valence-electron chi connectivity index (χ1n) is 9.41. The van der Waals surface area contributed by atoms with Gasteiger partial charge in [-0.25, -0.2) is 4.39 Å². The molecule has 2 aromatic heterocycles. The van der Waals surface area contributed by atoms with E-state index in [0.717, 1.165) is 37.9 Å². The molecule has 1 aliphatic carbocycles. The molecule has 0 bridgehead atoms. The number of fused-ring (bicyclic) bond motifs is 1. The molecule has 0 radical (unpaired) electrons. The van der Waals surface area contributed by atoms with E-state index in [1.54, 1.807) is 6.07 Å². The molecule has 0 amide bonds. The van der Waals surface area contributed by atoms with Crippen LogP contribution >= 0.6 is 0 Å². The van der Waals surface area contributed by atoms with Gasteiger partial charge in [-0.3, -0.25) is 4.40 Å². The van der Waals surface area contributed by atoms with Gasteiger partial charge in [0.05, 0.1) is 23.7 Å². The second-order valence-corrected chi connectivity index (χ2v) is 7.37. The molecule has 27 heavy (non-hydrogen) atoms. The Morgan fingerprint density at radius 3 is 2.85 bits per heavy atom. The van der Waals surface area contributed by atoms with E-state index in [0.29, 0.717) is 29.7 Å². The van der Waals surface area contributed by atoms with Crippen molar-refractivity contribution in [2.75, 3.05) is 18.5 Å². The highest BCUT2D eigenvalue weighted by Gasteiger charge is 2.27. The summed E-state index contributed by atoms with van der Waals surface area (Å²) in [6.45, 7) is 1.42. The fourth-order valence-corrected chi connectivity index (χ4v) is 3.77. The summed E-state index contributed by atoms with van der Waals surface area (Å²) in [5.41, 5.74) is 1.98. The number of phenols is 1. The maximum atomic E-state index is 14.8. The third kappa shape index (κ3) is 3.02. The maximum Gasteiger partial charge on any atom is 0.228 e. The van der Waals surface area contributed by atoms with Gasteiger partial charge in [0.2, 0.25) is 5.95 Å². The fourth-order valence-electron chi connectivity index (χ4n) is 3.77. The normalized spacial score (nSPS) is 20.1. The summed E-state index contributed by atoms with van der Waals surface area (Å²) in [7, 11) is 0. The Labute approximate surface area is 156 Å². The van der Waals surface area contributed by atoms with E-state index in [4.69, 9.17) is 4.74 Å². The Kier molecular flexibility index (Phi) is 3.97. The average molecular weight is 368 g/mol. The first kappa shape index (κ1) is 16.5. The van der Waals surface area contributed by atoms with Crippen LogP contribution in [0.5, 0.6) is 5.75 Å². The van der Waals surface area contributed by atoms with Gasteiger partial charge < -0.3 is 15.2 Å². The molecule has 3 aromatic rings. The third-order valence-corrected chi connectivity index (χ3v) is 5.34. The summed E-state index contributed by atoms with van der Waals surface area (Å²) in [5.74, 6) is 0.401. The first-order chi connectivity index (χ1) is 13.2. The number of benzene rings is 1. The van der Waals surface area contributed by atoms with Crippen molar-refractivity contribution in [2.24, 2.45) is 0 Å². The van der Waals surface area contributed by atoms with E-state index in [1.165, 1.54) is 6.07 Å². The van der Waals surface area contributed by atoms with Crippen LogP contribution in [-0.4, -0.2) is 39.0 Å².